The van der Waals surface area contributed by atoms with Crippen LogP contribution in [0.15, 0.2) is 66.7 Å². The van der Waals surface area contributed by atoms with Gasteiger partial charge < -0.3 is 10.4 Å². The molecule has 3 aliphatic rings. The number of rotatable bonds is 3. The van der Waals surface area contributed by atoms with E-state index in [1.165, 1.54) is 4.90 Å². The van der Waals surface area contributed by atoms with E-state index in [-0.39, 0.29) is 0 Å². The Morgan fingerprint density at radius 1 is 0.917 bits per heavy atom. The van der Waals surface area contributed by atoms with E-state index < -0.39 is 47.2 Å². The second-order valence-corrected chi connectivity index (χ2v) is 10.3. The topological polar surface area (TPSA) is 98.7 Å². The third-order valence-electron chi connectivity index (χ3n) is 7.65. The summed E-state index contributed by atoms with van der Waals surface area (Å²) in [6.45, 7) is 3.83. The van der Waals surface area contributed by atoms with Gasteiger partial charge in [0.05, 0.1) is 29.7 Å². The highest BCUT2D eigenvalue weighted by Gasteiger charge is 2.71. The van der Waals surface area contributed by atoms with Gasteiger partial charge in [0, 0.05) is 16.3 Å². The molecule has 0 radical (unpaired) electrons. The Hall–Kier alpha value is -3.52. The largest absolute Gasteiger partial charge is 0.387 e. The zero-order chi connectivity index (χ0) is 25.4. The average molecular weight is 502 g/mol. The van der Waals surface area contributed by atoms with Crippen LogP contribution in [0, 0.1) is 25.7 Å². The molecule has 0 saturated carbocycles. The van der Waals surface area contributed by atoms with Crippen LogP contribution in [0.5, 0.6) is 0 Å². The first-order valence-corrected chi connectivity index (χ1v) is 12.2. The van der Waals surface area contributed by atoms with Gasteiger partial charge in [-0.3, -0.25) is 19.7 Å². The second kappa shape index (κ2) is 8.00. The molecule has 3 aromatic rings. The number of hydrogen-bond donors (Lipinski definition) is 3. The summed E-state index contributed by atoms with van der Waals surface area (Å²) >= 11 is 6.04. The zero-order valence-electron chi connectivity index (χ0n) is 19.7. The molecule has 8 heteroatoms. The van der Waals surface area contributed by atoms with Gasteiger partial charge in [0.2, 0.25) is 17.7 Å². The standard InChI is InChI=1S/C28H24ClN3O4/c1-14-3-10-18(11-4-14)32-25(34)21-22(26(32)35)28(19-13-15(2)5-12-20(19)30-27(28)36)31-23(21)24(33)16-6-8-17(29)9-7-16/h3-13,21-24,31,33H,1-2H3,(H,30,36)/t21-,22-,23-,24+,28-/m0/s1. The van der Waals surface area contributed by atoms with Crippen LogP contribution in [-0.2, 0) is 19.9 Å². The first-order chi connectivity index (χ1) is 17.2. The number of imide groups is 1. The molecule has 3 amide bonds. The summed E-state index contributed by atoms with van der Waals surface area (Å²) in [5.74, 6) is -3.29. The van der Waals surface area contributed by atoms with Crippen molar-refractivity contribution in [2.24, 2.45) is 11.8 Å². The van der Waals surface area contributed by atoms with E-state index in [1.54, 1.807) is 42.5 Å². The Labute approximate surface area is 213 Å². The maximum Gasteiger partial charge on any atom is 0.250 e. The number of halogens is 1. The van der Waals surface area contributed by atoms with Crippen LogP contribution in [-0.4, -0.2) is 28.9 Å². The SMILES string of the molecule is Cc1ccc(N2C(=O)[C@@H]3[C@@H]([C@H](O)c4ccc(Cl)cc4)N[C@]4(C(=O)Nc5ccc(C)cc54)[C@@H]3C2=O)cc1. The van der Waals surface area contributed by atoms with Crippen LogP contribution in [0.2, 0.25) is 5.02 Å². The van der Waals surface area contributed by atoms with Crippen molar-refractivity contribution in [3.05, 3.63) is 94.0 Å². The highest BCUT2D eigenvalue weighted by molar-refractivity contribution is 6.30. The Kier molecular flexibility index (Phi) is 5.09. The van der Waals surface area contributed by atoms with Gasteiger partial charge >= 0.3 is 0 Å². The number of benzene rings is 3. The maximum absolute atomic E-state index is 14.0. The van der Waals surface area contributed by atoms with Crippen LogP contribution >= 0.6 is 11.6 Å². The lowest BCUT2D eigenvalue weighted by Gasteiger charge is -2.31. The van der Waals surface area contributed by atoms with Crippen molar-refractivity contribution in [2.75, 3.05) is 10.2 Å². The Morgan fingerprint density at radius 3 is 2.28 bits per heavy atom. The van der Waals surface area contributed by atoms with Crippen molar-refractivity contribution >= 4 is 40.7 Å². The van der Waals surface area contributed by atoms with Crippen LogP contribution in [0.4, 0.5) is 11.4 Å². The molecule has 3 heterocycles. The summed E-state index contributed by atoms with van der Waals surface area (Å²) in [5, 5.41) is 18.2. The summed E-state index contributed by atoms with van der Waals surface area (Å²) in [4.78, 5) is 42.7. The molecule has 2 fully saturated rings. The number of carbonyl (C=O) groups excluding carboxylic acids is 3. The zero-order valence-corrected chi connectivity index (χ0v) is 20.4. The molecule has 3 aromatic carbocycles. The fraction of sp³-hybridized carbons (Fsp3) is 0.250. The van der Waals surface area contributed by atoms with Crippen molar-refractivity contribution in [3.8, 4) is 0 Å². The third-order valence-corrected chi connectivity index (χ3v) is 7.90. The first kappa shape index (κ1) is 22.9. The van der Waals surface area contributed by atoms with Crippen LogP contribution in [0.25, 0.3) is 0 Å². The predicted octanol–water partition coefficient (Wildman–Crippen LogP) is 3.62. The van der Waals surface area contributed by atoms with Crippen molar-refractivity contribution in [1.29, 1.82) is 0 Å². The minimum absolute atomic E-state index is 0.407. The predicted molar refractivity (Wildman–Crippen MR) is 135 cm³/mol. The van der Waals surface area contributed by atoms with Gasteiger partial charge in [-0.2, -0.15) is 0 Å². The number of aryl methyl sites for hydroxylation is 2. The van der Waals surface area contributed by atoms with Gasteiger partial charge in [0.1, 0.15) is 5.54 Å². The van der Waals surface area contributed by atoms with E-state index >= 15 is 0 Å². The first-order valence-electron chi connectivity index (χ1n) is 11.8. The van der Waals surface area contributed by atoms with Crippen molar-refractivity contribution < 1.29 is 19.5 Å². The van der Waals surface area contributed by atoms with E-state index in [0.717, 1.165) is 11.1 Å². The van der Waals surface area contributed by atoms with E-state index in [1.807, 2.05) is 38.1 Å². The lowest BCUT2D eigenvalue weighted by molar-refractivity contribution is -0.130. The fourth-order valence-electron chi connectivity index (χ4n) is 5.93. The lowest BCUT2D eigenvalue weighted by Crippen LogP contribution is -2.54. The number of amides is 3. The fourth-order valence-corrected chi connectivity index (χ4v) is 6.06. The lowest BCUT2D eigenvalue weighted by atomic mass is 9.75. The van der Waals surface area contributed by atoms with E-state index in [0.29, 0.717) is 27.5 Å². The molecule has 182 valence electrons. The molecule has 36 heavy (non-hydrogen) atoms. The molecule has 7 nitrogen and oxygen atoms in total. The van der Waals surface area contributed by atoms with Crippen molar-refractivity contribution in [1.82, 2.24) is 5.32 Å². The summed E-state index contributed by atoms with van der Waals surface area (Å²) in [5.41, 5.74) is 2.60. The number of aliphatic hydroxyl groups is 1. The van der Waals surface area contributed by atoms with E-state index in [4.69, 9.17) is 11.6 Å². The number of hydrogen-bond acceptors (Lipinski definition) is 5. The molecule has 3 aliphatic heterocycles. The summed E-state index contributed by atoms with van der Waals surface area (Å²) in [6.07, 6.45) is -1.16. The minimum Gasteiger partial charge on any atom is -0.387 e. The normalized spacial score (nSPS) is 27.4. The van der Waals surface area contributed by atoms with E-state index in [9.17, 15) is 19.5 Å². The number of carbonyl (C=O) groups is 3. The molecule has 0 bridgehead atoms. The monoisotopic (exact) mass is 501 g/mol. The van der Waals surface area contributed by atoms with Crippen molar-refractivity contribution in [2.45, 2.75) is 31.5 Å². The van der Waals surface area contributed by atoms with Crippen LogP contribution in [0.3, 0.4) is 0 Å². The number of fused-ring (bicyclic) bond motifs is 4. The molecule has 6 rings (SSSR count). The molecule has 0 aliphatic carbocycles. The molecule has 2 saturated heterocycles. The highest BCUT2D eigenvalue weighted by atomic mass is 35.5. The number of nitrogens with zero attached hydrogens (tertiary/aromatic N) is 1. The van der Waals surface area contributed by atoms with Gasteiger partial charge in [-0.25, -0.2) is 4.90 Å². The average Bonchev–Trinajstić information content (AvgIpc) is 3.45. The third kappa shape index (κ3) is 3.10. The minimum atomic E-state index is -1.49. The summed E-state index contributed by atoms with van der Waals surface area (Å²) < 4.78 is 0. The number of aliphatic hydroxyl groups excluding tert-OH is 1. The number of nitrogens with one attached hydrogen (secondary N) is 2. The summed E-state index contributed by atoms with van der Waals surface area (Å²) in [6, 6.07) is 18.4. The molecule has 0 aromatic heterocycles. The van der Waals surface area contributed by atoms with Gasteiger partial charge in [-0.15, -0.1) is 0 Å². The van der Waals surface area contributed by atoms with Crippen LogP contribution < -0.4 is 15.5 Å². The van der Waals surface area contributed by atoms with Gasteiger partial charge in [-0.05, 0) is 49.7 Å². The quantitative estimate of drug-likeness (QED) is 0.476. The Morgan fingerprint density at radius 2 is 1.58 bits per heavy atom. The molecule has 0 unspecified atom stereocenters. The molecule has 5 atom stereocenters. The Bertz CT molecular complexity index is 1420. The van der Waals surface area contributed by atoms with Crippen LogP contribution in [0.1, 0.15) is 28.4 Å². The van der Waals surface area contributed by atoms with Crippen molar-refractivity contribution in [3.63, 3.8) is 0 Å². The maximum atomic E-state index is 14.0. The molecular formula is C28H24ClN3O4. The Balaban J connectivity index is 1.52. The smallest absolute Gasteiger partial charge is 0.250 e. The second-order valence-electron chi connectivity index (χ2n) is 9.83. The highest BCUT2D eigenvalue weighted by Crippen LogP contribution is 2.55. The molecule has 1 spiro atoms. The number of anilines is 2. The van der Waals surface area contributed by atoms with Gasteiger partial charge in [-0.1, -0.05) is 59.1 Å². The van der Waals surface area contributed by atoms with Gasteiger partial charge in [0.25, 0.3) is 0 Å². The molecular weight excluding hydrogens is 478 g/mol. The summed E-state index contributed by atoms with van der Waals surface area (Å²) in [7, 11) is 0. The van der Waals surface area contributed by atoms with E-state index in [2.05, 4.69) is 10.6 Å². The molecule has 3 N–H and O–H groups in total. The van der Waals surface area contributed by atoms with Gasteiger partial charge in [0.15, 0.2) is 0 Å².